The van der Waals surface area contributed by atoms with Gasteiger partial charge in [0.25, 0.3) is 0 Å². The van der Waals surface area contributed by atoms with Gasteiger partial charge in [0.2, 0.25) is 0 Å². The van der Waals surface area contributed by atoms with Crippen LogP contribution >= 0.6 is 15.9 Å². The molecule has 0 fully saturated rings. The van der Waals surface area contributed by atoms with Crippen LogP contribution in [0, 0.1) is 0 Å². The molecule has 0 saturated carbocycles. The molecule has 2 aromatic carbocycles. The van der Waals surface area contributed by atoms with Gasteiger partial charge in [-0.15, -0.1) is 0 Å². The largest absolute Gasteiger partial charge is 0.343 e. The van der Waals surface area contributed by atoms with Crippen LogP contribution < -0.4 is 4.90 Å². The lowest BCUT2D eigenvalue weighted by atomic mass is 10.1. The molecule has 1 N–H and O–H groups in total. The van der Waals surface area contributed by atoms with E-state index in [1.807, 2.05) is 12.3 Å². The molecular weight excluding hydrogens is 488 g/mol. The second kappa shape index (κ2) is 7.56. The van der Waals surface area contributed by atoms with Gasteiger partial charge in [0.05, 0.1) is 27.7 Å². The molecule has 1 aliphatic rings. The Bertz CT molecular complexity index is 1470. The molecule has 0 aliphatic carbocycles. The van der Waals surface area contributed by atoms with Gasteiger partial charge in [0.1, 0.15) is 5.52 Å². The summed E-state index contributed by atoms with van der Waals surface area (Å²) in [4.78, 5) is 15.0. The smallest absolute Gasteiger partial charge is 0.180 e. The molecule has 162 valence electrons. The van der Waals surface area contributed by atoms with Gasteiger partial charge in [-0.05, 0) is 43.7 Å². The van der Waals surface area contributed by atoms with Crippen molar-refractivity contribution in [2.45, 2.75) is 30.5 Å². The number of halogens is 1. The Labute approximate surface area is 195 Å². The zero-order valence-corrected chi connectivity index (χ0v) is 20.0. The summed E-state index contributed by atoms with van der Waals surface area (Å²) in [6, 6.07) is 13.0. The highest BCUT2D eigenvalue weighted by molar-refractivity contribution is 9.10. The number of aromatic amines is 1. The van der Waals surface area contributed by atoms with Crippen LogP contribution in [0.25, 0.3) is 28.1 Å². The predicted octanol–water partition coefficient (Wildman–Crippen LogP) is 5.56. The van der Waals surface area contributed by atoms with Crippen molar-refractivity contribution in [3.63, 3.8) is 0 Å². The van der Waals surface area contributed by atoms with E-state index in [1.165, 1.54) is 5.56 Å². The molecule has 0 amide bonds. The van der Waals surface area contributed by atoms with Crippen molar-refractivity contribution in [2.24, 2.45) is 0 Å². The van der Waals surface area contributed by atoms with Gasteiger partial charge in [0, 0.05) is 34.0 Å². The summed E-state index contributed by atoms with van der Waals surface area (Å²) < 4.78 is 25.9. The number of nitrogens with zero attached hydrogens (tertiary/aromatic N) is 3. The van der Waals surface area contributed by atoms with Crippen molar-refractivity contribution in [1.29, 1.82) is 0 Å². The van der Waals surface area contributed by atoms with Crippen LogP contribution in [0.2, 0.25) is 0 Å². The lowest BCUT2D eigenvalue weighted by Gasteiger charge is -2.18. The highest BCUT2D eigenvalue weighted by atomic mass is 79.9. The monoisotopic (exact) mass is 508 g/mol. The number of H-pyrrole nitrogens is 1. The summed E-state index contributed by atoms with van der Waals surface area (Å²) in [5.74, 6) is 0. The first-order chi connectivity index (χ1) is 15.3. The number of fused-ring (bicyclic) bond motifs is 2. The molecule has 0 unspecified atom stereocenters. The number of hydrogen-bond acceptors (Lipinski definition) is 5. The Morgan fingerprint density at radius 3 is 2.62 bits per heavy atom. The van der Waals surface area contributed by atoms with Gasteiger partial charge in [-0.3, -0.25) is 0 Å². The molecular formula is C24H21BrN4O2S. The number of rotatable bonds is 4. The lowest BCUT2D eigenvalue weighted by Crippen LogP contribution is -2.13. The van der Waals surface area contributed by atoms with Crippen molar-refractivity contribution >= 4 is 48.3 Å². The Morgan fingerprint density at radius 1 is 1.16 bits per heavy atom. The van der Waals surface area contributed by atoms with Crippen LogP contribution in [0.15, 0.2) is 70.8 Å². The van der Waals surface area contributed by atoms with E-state index < -0.39 is 15.1 Å². The maximum atomic E-state index is 12.4. The fourth-order valence-corrected chi connectivity index (χ4v) is 5.40. The van der Waals surface area contributed by atoms with Crippen molar-refractivity contribution < 1.29 is 8.42 Å². The van der Waals surface area contributed by atoms with Gasteiger partial charge in [0.15, 0.2) is 15.5 Å². The fourth-order valence-electron chi connectivity index (χ4n) is 3.93. The summed E-state index contributed by atoms with van der Waals surface area (Å²) in [6.07, 6.45) is 3.60. The van der Waals surface area contributed by atoms with Gasteiger partial charge < -0.3 is 9.88 Å². The zero-order chi connectivity index (χ0) is 22.6. The molecule has 2 aromatic heterocycles. The van der Waals surface area contributed by atoms with Gasteiger partial charge in [-0.1, -0.05) is 40.7 Å². The number of nitrogens with one attached hydrogen (secondary N) is 1. The first-order valence-corrected chi connectivity index (χ1v) is 12.5. The predicted molar refractivity (Wildman–Crippen MR) is 131 cm³/mol. The van der Waals surface area contributed by atoms with Crippen molar-refractivity contribution in [1.82, 2.24) is 15.0 Å². The number of anilines is 1. The molecule has 32 heavy (non-hydrogen) atoms. The quantitative estimate of drug-likeness (QED) is 0.390. The lowest BCUT2D eigenvalue weighted by molar-refractivity contribution is 0.587. The Morgan fingerprint density at radius 2 is 1.91 bits per heavy atom. The topological polar surface area (TPSA) is 79.0 Å². The van der Waals surface area contributed by atoms with E-state index in [2.05, 4.69) is 49.5 Å². The second-order valence-corrected chi connectivity index (χ2v) is 11.5. The van der Waals surface area contributed by atoms with E-state index in [0.717, 1.165) is 32.5 Å². The normalized spacial score (nSPS) is 13.9. The van der Waals surface area contributed by atoms with Crippen LogP contribution in [0.4, 0.5) is 5.69 Å². The molecule has 0 saturated heterocycles. The molecule has 4 aromatic rings. The third-order valence-electron chi connectivity index (χ3n) is 5.78. The SMILES string of the molecule is C=C1c2ccc(Br)cc2CN1c1c[nH]c2ncc(-c3ccc(S(=O)(=O)C(C)C)cc3)nc12. The van der Waals surface area contributed by atoms with Crippen LogP contribution in [0.5, 0.6) is 0 Å². The molecule has 0 atom stereocenters. The minimum absolute atomic E-state index is 0.310. The third kappa shape index (κ3) is 3.34. The zero-order valence-electron chi connectivity index (χ0n) is 17.6. The van der Waals surface area contributed by atoms with E-state index in [4.69, 9.17) is 4.98 Å². The van der Waals surface area contributed by atoms with Crippen molar-refractivity contribution in [2.75, 3.05) is 4.90 Å². The highest BCUT2D eigenvalue weighted by Crippen LogP contribution is 2.39. The summed E-state index contributed by atoms with van der Waals surface area (Å²) in [6.45, 7) is 8.35. The molecule has 1 aliphatic heterocycles. The van der Waals surface area contributed by atoms with E-state index >= 15 is 0 Å². The highest BCUT2D eigenvalue weighted by Gasteiger charge is 2.26. The fraction of sp³-hybridized carbons (Fsp3) is 0.167. The van der Waals surface area contributed by atoms with Crippen LogP contribution in [-0.4, -0.2) is 28.6 Å². The minimum atomic E-state index is -3.32. The molecule has 6 nitrogen and oxygen atoms in total. The van der Waals surface area contributed by atoms with E-state index in [9.17, 15) is 8.42 Å². The minimum Gasteiger partial charge on any atom is -0.343 e. The summed E-state index contributed by atoms with van der Waals surface area (Å²) in [5, 5.41) is -0.467. The molecule has 8 heteroatoms. The summed E-state index contributed by atoms with van der Waals surface area (Å²) in [5.41, 5.74) is 7.06. The molecule has 0 spiro atoms. The number of benzene rings is 2. The van der Waals surface area contributed by atoms with Gasteiger partial charge in [-0.2, -0.15) is 0 Å². The summed E-state index contributed by atoms with van der Waals surface area (Å²) >= 11 is 3.54. The summed E-state index contributed by atoms with van der Waals surface area (Å²) in [7, 11) is -3.32. The molecule has 0 bridgehead atoms. The maximum absolute atomic E-state index is 12.4. The van der Waals surface area contributed by atoms with Crippen LogP contribution in [0.1, 0.15) is 25.0 Å². The van der Waals surface area contributed by atoms with E-state index in [-0.39, 0.29) is 0 Å². The van der Waals surface area contributed by atoms with Crippen molar-refractivity contribution in [3.05, 3.63) is 77.0 Å². The molecule has 0 radical (unpaired) electrons. The number of aromatic nitrogens is 3. The first kappa shape index (κ1) is 20.9. The Hall–Kier alpha value is -2.97. The average Bonchev–Trinajstić information content (AvgIpc) is 3.33. The number of hydrogen-bond donors (Lipinski definition) is 1. The van der Waals surface area contributed by atoms with Gasteiger partial charge in [-0.25, -0.2) is 18.4 Å². The third-order valence-corrected chi connectivity index (χ3v) is 8.45. The molecule has 3 heterocycles. The maximum Gasteiger partial charge on any atom is 0.180 e. The van der Waals surface area contributed by atoms with Crippen molar-refractivity contribution in [3.8, 4) is 11.3 Å². The first-order valence-electron chi connectivity index (χ1n) is 10.2. The Kier molecular flexibility index (Phi) is 4.94. The van der Waals surface area contributed by atoms with Crippen LogP contribution in [-0.2, 0) is 16.4 Å². The van der Waals surface area contributed by atoms with E-state index in [1.54, 1.807) is 44.3 Å². The molecule has 5 rings (SSSR count). The van der Waals surface area contributed by atoms with Gasteiger partial charge >= 0.3 is 0 Å². The van der Waals surface area contributed by atoms with E-state index in [0.29, 0.717) is 22.8 Å². The second-order valence-electron chi connectivity index (χ2n) is 8.08. The average molecular weight is 509 g/mol. The van der Waals surface area contributed by atoms with Crippen LogP contribution in [0.3, 0.4) is 0 Å². The standard InChI is InChI=1S/C24H21BrN4O2S/c1-14(2)32(30,31)19-7-4-16(5-8-19)21-11-26-24-23(28-21)22(12-27-24)29-13-17-10-18(25)6-9-20(17)15(29)3/h4-12,14H,3,13H2,1-2H3,(H,26,27). The number of sulfone groups is 1. The Balaban J connectivity index is 1.52.